The second-order valence-corrected chi connectivity index (χ2v) is 9.39. The zero-order valence-corrected chi connectivity index (χ0v) is 22.5. The number of carbonyl (C=O) groups is 4. The Balaban J connectivity index is 1.42. The number of rotatable bonds is 9. The first kappa shape index (κ1) is 27.6. The Hall–Kier alpha value is -4.43. The summed E-state index contributed by atoms with van der Waals surface area (Å²) in [6.45, 7) is 6.22. The lowest BCUT2D eigenvalue weighted by Crippen LogP contribution is -2.32. The zero-order valence-electron chi connectivity index (χ0n) is 21.7. The fraction of sp³-hybridized carbons (Fsp3) is 0.200. The van der Waals surface area contributed by atoms with Crippen LogP contribution in [0.25, 0.3) is 0 Å². The molecular weight excluding hydrogens is 520 g/mol. The predicted octanol–water partition coefficient (Wildman–Crippen LogP) is 5.92. The summed E-state index contributed by atoms with van der Waals surface area (Å²) in [6.07, 6.45) is 1.67. The van der Waals surface area contributed by atoms with Crippen molar-refractivity contribution in [1.82, 2.24) is 0 Å². The predicted molar refractivity (Wildman–Crippen MR) is 148 cm³/mol. The minimum atomic E-state index is -0.698. The van der Waals surface area contributed by atoms with E-state index in [9.17, 15) is 19.2 Å². The second kappa shape index (κ2) is 12.0. The van der Waals surface area contributed by atoms with E-state index in [1.807, 2.05) is 26.8 Å². The summed E-state index contributed by atoms with van der Waals surface area (Å²) >= 11 is 6.22. The van der Waals surface area contributed by atoms with Gasteiger partial charge < -0.3 is 14.8 Å². The molecular formula is C30H27ClN2O6. The highest BCUT2D eigenvalue weighted by Crippen LogP contribution is 2.30. The van der Waals surface area contributed by atoms with Gasteiger partial charge in [-0.25, -0.2) is 14.5 Å². The van der Waals surface area contributed by atoms with E-state index in [0.717, 1.165) is 28.9 Å². The van der Waals surface area contributed by atoms with Crippen molar-refractivity contribution in [2.24, 2.45) is 0 Å². The topological polar surface area (TPSA) is 102 Å². The van der Waals surface area contributed by atoms with Crippen LogP contribution in [0.2, 0.25) is 0 Å². The number of hydrogen-bond donors (Lipinski definition) is 1. The van der Waals surface area contributed by atoms with E-state index < -0.39 is 23.8 Å². The molecule has 0 saturated carbocycles. The molecule has 4 rings (SSSR count). The molecule has 1 heterocycles. The summed E-state index contributed by atoms with van der Waals surface area (Å²) in [4.78, 5) is 51.5. The van der Waals surface area contributed by atoms with Crippen molar-refractivity contribution in [3.8, 4) is 5.75 Å². The number of unbranched alkanes of at least 4 members (excludes halogenated alkanes) is 1. The zero-order chi connectivity index (χ0) is 28.1. The summed E-state index contributed by atoms with van der Waals surface area (Å²) in [6, 6.07) is 17.6. The number of amides is 2. The van der Waals surface area contributed by atoms with Gasteiger partial charge >= 0.3 is 11.9 Å². The maximum atomic E-state index is 13.1. The van der Waals surface area contributed by atoms with Gasteiger partial charge in [-0.2, -0.15) is 0 Å². The van der Waals surface area contributed by atoms with Crippen molar-refractivity contribution in [2.75, 3.05) is 16.8 Å². The maximum Gasteiger partial charge on any atom is 0.343 e. The number of ether oxygens (including phenoxy) is 2. The average molecular weight is 547 g/mol. The van der Waals surface area contributed by atoms with Crippen molar-refractivity contribution in [1.29, 1.82) is 0 Å². The number of halogens is 1. The average Bonchev–Trinajstić information content (AvgIpc) is 3.14. The van der Waals surface area contributed by atoms with Gasteiger partial charge in [0.05, 0.1) is 23.4 Å². The Morgan fingerprint density at radius 2 is 1.49 bits per heavy atom. The third-order valence-electron chi connectivity index (χ3n) is 6.20. The summed E-state index contributed by atoms with van der Waals surface area (Å²) in [5.74, 6) is -1.91. The molecule has 9 heteroatoms. The number of aryl methyl sites for hydroxylation is 2. The molecule has 3 aromatic rings. The van der Waals surface area contributed by atoms with E-state index in [0.29, 0.717) is 29.2 Å². The number of hydrogen-bond acceptors (Lipinski definition) is 7. The molecule has 39 heavy (non-hydrogen) atoms. The van der Waals surface area contributed by atoms with Gasteiger partial charge in [0.2, 0.25) is 0 Å². The molecule has 0 aliphatic carbocycles. The number of imide groups is 1. The number of nitrogens with zero attached hydrogens (tertiary/aromatic N) is 1. The molecule has 0 bridgehead atoms. The Morgan fingerprint density at radius 3 is 2.13 bits per heavy atom. The van der Waals surface area contributed by atoms with Gasteiger partial charge in [-0.05, 0) is 92.1 Å². The first-order valence-corrected chi connectivity index (χ1v) is 12.8. The number of carbonyl (C=O) groups excluding carboxylic acids is 4. The fourth-order valence-electron chi connectivity index (χ4n) is 3.76. The van der Waals surface area contributed by atoms with Crippen LogP contribution < -0.4 is 15.0 Å². The molecule has 0 saturated heterocycles. The fourth-order valence-corrected chi connectivity index (χ4v) is 3.97. The Bertz CT molecular complexity index is 1460. The van der Waals surface area contributed by atoms with Gasteiger partial charge in [-0.3, -0.25) is 9.59 Å². The van der Waals surface area contributed by atoms with Crippen LogP contribution in [0.1, 0.15) is 51.6 Å². The highest BCUT2D eigenvalue weighted by atomic mass is 35.5. The lowest BCUT2D eigenvalue weighted by molar-refractivity contribution is -0.120. The Labute approximate surface area is 231 Å². The van der Waals surface area contributed by atoms with Crippen LogP contribution in [0.15, 0.2) is 77.5 Å². The standard InChI is InChI=1S/C30H27ClN2O6/c1-4-5-16-38-29(36)20-9-13-23(14-10-20)33-27(34)25(31)26(28(33)35)32-22-11-7-21(8-12-22)30(37)39-24-15-6-18(2)19(3)17-24/h6-15,17,32H,4-5,16H2,1-3H3. The van der Waals surface area contributed by atoms with E-state index in [2.05, 4.69) is 5.32 Å². The molecule has 1 aliphatic rings. The van der Waals surface area contributed by atoms with Crippen LogP contribution in [0.5, 0.6) is 5.75 Å². The van der Waals surface area contributed by atoms with E-state index in [1.165, 1.54) is 36.4 Å². The normalized spacial score (nSPS) is 13.1. The molecule has 0 aromatic heterocycles. The molecule has 0 radical (unpaired) electrons. The molecule has 0 atom stereocenters. The van der Waals surface area contributed by atoms with Gasteiger partial charge in [0.1, 0.15) is 16.5 Å². The van der Waals surface area contributed by atoms with E-state index >= 15 is 0 Å². The van der Waals surface area contributed by atoms with Crippen LogP contribution in [-0.4, -0.2) is 30.4 Å². The van der Waals surface area contributed by atoms with Crippen molar-refractivity contribution < 1.29 is 28.7 Å². The summed E-state index contributed by atoms with van der Waals surface area (Å²) in [5, 5.41) is 2.59. The Kier molecular flexibility index (Phi) is 8.46. The SMILES string of the molecule is CCCCOC(=O)c1ccc(N2C(=O)C(Cl)=C(Nc3ccc(C(=O)Oc4ccc(C)c(C)c4)cc3)C2=O)cc1. The molecule has 1 N–H and O–H groups in total. The third kappa shape index (κ3) is 6.18. The number of nitrogens with one attached hydrogen (secondary N) is 1. The summed E-state index contributed by atoms with van der Waals surface area (Å²) in [7, 11) is 0. The van der Waals surface area contributed by atoms with Gasteiger partial charge in [0.25, 0.3) is 11.8 Å². The molecule has 1 aliphatic heterocycles. The van der Waals surface area contributed by atoms with E-state index in [1.54, 1.807) is 24.3 Å². The molecule has 0 fully saturated rings. The van der Waals surface area contributed by atoms with Gasteiger partial charge in [-0.1, -0.05) is 31.0 Å². The van der Waals surface area contributed by atoms with Crippen LogP contribution >= 0.6 is 11.6 Å². The van der Waals surface area contributed by atoms with Gasteiger partial charge in [-0.15, -0.1) is 0 Å². The van der Waals surface area contributed by atoms with Crippen molar-refractivity contribution in [3.63, 3.8) is 0 Å². The van der Waals surface area contributed by atoms with Crippen LogP contribution in [0.3, 0.4) is 0 Å². The lowest BCUT2D eigenvalue weighted by atomic mass is 10.1. The molecule has 0 unspecified atom stereocenters. The molecule has 0 spiro atoms. The van der Waals surface area contributed by atoms with Gasteiger partial charge in [0.15, 0.2) is 0 Å². The van der Waals surface area contributed by atoms with Crippen molar-refractivity contribution in [3.05, 3.63) is 99.7 Å². The Morgan fingerprint density at radius 1 is 0.846 bits per heavy atom. The van der Waals surface area contributed by atoms with Crippen LogP contribution in [0, 0.1) is 13.8 Å². The van der Waals surface area contributed by atoms with Gasteiger partial charge in [0, 0.05) is 5.69 Å². The monoisotopic (exact) mass is 546 g/mol. The van der Waals surface area contributed by atoms with E-state index in [4.69, 9.17) is 21.1 Å². The first-order valence-electron chi connectivity index (χ1n) is 12.4. The summed E-state index contributed by atoms with van der Waals surface area (Å²) < 4.78 is 10.6. The summed E-state index contributed by atoms with van der Waals surface area (Å²) in [5.41, 5.74) is 3.32. The second-order valence-electron chi connectivity index (χ2n) is 9.01. The molecule has 200 valence electrons. The number of benzene rings is 3. The molecule has 2 amide bonds. The molecule has 8 nitrogen and oxygen atoms in total. The molecule has 3 aromatic carbocycles. The third-order valence-corrected chi connectivity index (χ3v) is 6.55. The van der Waals surface area contributed by atoms with Crippen molar-refractivity contribution >= 4 is 46.7 Å². The van der Waals surface area contributed by atoms with E-state index in [-0.39, 0.29) is 16.4 Å². The number of esters is 2. The largest absolute Gasteiger partial charge is 0.462 e. The quantitative estimate of drug-likeness (QED) is 0.154. The highest BCUT2D eigenvalue weighted by molar-refractivity contribution is 6.53. The minimum Gasteiger partial charge on any atom is -0.462 e. The van der Waals surface area contributed by atoms with Crippen LogP contribution in [-0.2, 0) is 14.3 Å². The minimum absolute atomic E-state index is 0.102. The van der Waals surface area contributed by atoms with Crippen molar-refractivity contribution in [2.45, 2.75) is 33.6 Å². The lowest BCUT2D eigenvalue weighted by Gasteiger charge is -2.15. The number of anilines is 2. The van der Waals surface area contributed by atoms with Crippen LogP contribution in [0.4, 0.5) is 11.4 Å². The first-order chi connectivity index (χ1) is 18.7. The maximum absolute atomic E-state index is 13.1. The smallest absolute Gasteiger partial charge is 0.343 e. The highest BCUT2D eigenvalue weighted by Gasteiger charge is 2.39.